The molecule has 0 rings (SSSR count). The largest absolute Gasteiger partial charge is 0.469 e. The highest BCUT2D eigenvalue weighted by Crippen LogP contribution is 2.17. The number of esters is 1. The van der Waals surface area contributed by atoms with Crippen molar-refractivity contribution < 1.29 is 9.53 Å². The number of methoxy groups -OCH3 is 1. The quantitative estimate of drug-likeness (QED) is 0.586. The van der Waals surface area contributed by atoms with E-state index in [1.165, 1.54) is 7.11 Å². The smallest absolute Gasteiger partial charge is 0.308 e. The van der Waals surface area contributed by atoms with Gasteiger partial charge < -0.3 is 4.74 Å². The first-order valence-electron chi connectivity index (χ1n) is 4.21. The SMILES string of the molecule is CCCC(C(=O)OC)C(C)C. The third-order valence-electron chi connectivity index (χ3n) is 1.91. The number of rotatable bonds is 4. The first-order valence-corrected chi connectivity index (χ1v) is 4.21. The van der Waals surface area contributed by atoms with Crippen molar-refractivity contribution in [1.82, 2.24) is 0 Å². The van der Waals surface area contributed by atoms with Crippen molar-refractivity contribution in [1.29, 1.82) is 0 Å². The second-order valence-corrected chi connectivity index (χ2v) is 3.16. The van der Waals surface area contributed by atoms with E-state index < -0.39 is 0 Å². The zero-order valence-corrected chi connectivity index (χ0v) is 7.89. The van der Waals surface area contributed by atoms with E-state index in [1.807, 2.05) is 0 Å². The fraction of sp³-hybridized carbons (Fsp3) is 0.889. The Labute approximate surface area is 68.9 Å². The Hall–Kier alpha value is -0.530. The van der Waals surface area contributed by atoms with E-state index in [2.05, 4.69) is 25.5 Å². The van der Waals surface area contributed by atoms with E-state index in [1.54, 1.807) is 0 Å². The van der Waals surface area contributed by atoms with E-state index in [4.69, 9.17) is 0 Å². The minimum Gasteiger partial charge on any atom is -0.469 e. The standard InChI is InChI=1S/C9H18O2/c1-5-6-8(7(2)3)9(10)11-4/h7-8H,5-6H2,1-4H3. The molecule has 2 nitrogen and oxygen atoms in total. The van der Waals surface area contributed by atoms with Crippen molar-refractivity contribution in [2.45, 2.75) is 33.6 Å². The summed E-state index contributed by atoms with van der Waals surface area (Å²) in [5.74, 6) is 0.411. The third-order valence-corrected chi connectivity index (χ3v) is 1.91. The van der Waals surface area contributed by atoms with Crippen molar-refractivity contribution in [2.24, 2.45) is 11.8 Å². The highest BCUT2D eigenvalue weighted by molar-refractivity contribution is 5.72. The molecule has 0 aromatic heterocycles. The highest BCUT2D eigenvalue weighted by Gasteiger charge is 2.21. The number of carbonyl (C=O) groups excluding carboxylic acids is 1. The molecule has 0 saturated heterocycles. The molecule has 0 aromatic rings. The average molecular weight is 158 g/mol. The van der Waals surface area contributed by atoms with Gasteiger partial charge in [-0.15, -0.1) is 0 Å². The van der Waals surface area contributed by atoms with Crippen LogP contribution in [0.25, 0.3) is 0 Å². The molecule has 0 aliphatic heterocycles. The molecule has 1 unspecified atom stereocenters. The number of hydrogen-bond donors (Lipinski definition) is 0. The lowest BCUT2D eigenvalue weighted by Gasteiger charge is -2.16. The second-order valence-electron chi connectivity index (χ2n) is 3.16. The first kappa shape index (κ1) is 10.5. The molecule has 0 N–H and O–H groups in total. The van der Waals surface area contributed by atoms with Gasteiger partial charge in [-0.2, -0.15) is 0 Å². The van der Waals surface area contributed by atoms with Crippen molar-refractivity contribution in [3.63, 3.8) is 0 Å². The summed E-state index contributed by atoms with van der Waals surface area (Å²) in [5.41, 5.74) is 0. The van der Waals surface area contributed by atoms with E-state index in [0.29, 0.717) is 5.92 Å². The molecular weight excluding hydrogens is 140 g/mol. The minimum absolute atomic E-state index is 0.0677. The molecule has 2 heteroatoms. The minimum atomic E-state index is -0.0677. The second kappa shape index (κ2) is 5.16. The molecule has 0 radical (unpaired) electrons. The lowest BCUT2D eigenvalue weighted by Crippen LogP contribution is -2.21. The van der Waals surface area contributed by atoms with Gasteiger partial charge in [0.05, 0.1) is 13.0 Å². The van der Waals surface area contributed by atoms with Gasteiger partial charge in [0.1, 0.15) is 0 Å². The van der Waals surface area contributed by atoms with E-state index >= 15 is 0 Å². The Morgan fingerprint density at radius 1 is 1.45 bits per heavy atom. The van der Waals surface area contributed by atoms with Gasteiger partial charge in [-0.25, -0.2) is 0 Å². The zero-order valence-electron chi connectivity index (χ0n) is 7.89. The first-order chi connectivity index (χ1) is 5.13. The number of carbonyl (C=O) groups is 1. The normalized spacial score (nSPS) is 13.2. The van der Waals surface area contributed by atoms with Gasteiger partial charge in [0, 0.05) is 0 Å². The summed E-state index contributed by atoms with van der Waals surface area (Å²) in [5, 5.41) is 0. The Balaban J connectivity index is 3.98. The van der Waals surface area contributed by atoms with Crippen LogP contribution in [0.5, 0.6) is 0 Å². The molecule has 0 aromatic carbocycles. The van der Waals surface area contributed by atoms with Crippen molar-refractivity contribution in [2.75, 3.05) is 7.11 Å². The average Bonchev–Trinajstić information content (AvgIpc) is 1.98. The number of ether oxygens (including phenoxy) is 1. The van der Waals surface area contributed by atoms with Crippen molar-refractivity contribution >= 4 is 5.97 Å². The van der Waals surface area contributed by atoms with Crippen LogP contribution in [0.1, 0.15) is 33.6 Å². The van der Waals surface area contributed by atoms with Gasteiger partial charge >= 0.3 is 5.97 Å². The van der Waals surface area contributed by atoms with Gasteiger partial charge in [-0.3, -0.25) is 4.79 Å². The summed E-state index contributed by atoms with van der Waals surface area (Å²) in [4.78, 5) is 11.1. The Kier molecular flexibility index (Phi) is 4.92. The summed E-state index contributed by atoms with van der Waals surface area (Å²) in [6.07, 6.45) is 1.97. The topological polar surface area (TPSA) is 26.3 Å². The Bertz CT molecular complexity index is 119. The molecule has 0 spiro atoms. The van der Waals surface area contributed by atoms with Crippen LogP contribution in [0.15, 0.2) is 0 Å². The Morgan fingerprint density at radius 2 is 2.00 bits per heavy atom. The van der Waals surface area contributed by atoms with Crippen LogP contribution in [0.2, 0.25) is 0 Å². The maximum atomic E-state index is 11.1. The van der Waals surface area contributed by atoms with Crippen LogP contribution in [-0.2, 0) is 9.53 Å². The van der Waals surface area contributed by atoms with Gasteiger partial charge in [-0.05, 0) is 12.3 Å². The fourth-order valence-corrected chi connectivity index (χ4v) is 1.19. The Morgan fingerprint density at radius 3 is 2.27 bits per heavy atom. The molecule has 0 amide bonds. The van der Waals surface area contributed by atoms with Gasteiger partial charge in [0.15, 0.2) is 0 Å². The van der Waals surface area contributed by atoms with E-state index in [0.717, 1.165) is 12.8 Å². The van der Waals surface area contributed by atoms with Crippen LogP contribution in [0.4, 0.5) is 0 Å². The molecule has 1 atom stereocenters. The maximum absolute atomic E-state index is 11.1. The summed E-state index contributed by atoms with van der Waals surface area (Å²) in [6, 6.07) is 0. The molecular formula is C9H18O2. The molecule has 0 saturated carbocycles. The monoisotopic (exact) mass is 158 g/mol. The summed E-state index contributed by atoms with van der Waals surface area (Å²) in [7, 11) is 1.45. The highest BCUT2D eigenvalue weighted by atomic mass is 16.5. The predicted octanol–water partition coefficient (Wildman–Crippen LogP) is 2.23. The van der Waals surface area contributed by atoms with Crippen LogP contribution in [-0.4, -0.2) is 13.1 Å². The third kappa shape index (κ3) is 3.40. The fourth-order valence-electron chi connectivity index (χ4n) is 1.19. The van der Waals surface area contributed by atoms with Gasteiger partial charge in [0.25, 0.3) is 0 Å². The van der Waals surface area contributed by atoms with Gasteiger partial charge in [0.2, 0.25) is 0 Å². The summed E-state index contributed by atoms with van der Waals surface area (Å²) in [6.45, 7) is 6.19. The van der Waals surface area contributed by atoms with E-state index in [9.17, 15) is 4.79 Å². The lowest BCUT2D eigenvalue weighted by molar-refractivity contribution is -0.147. The summed E-state index contributed by atoms with van der Waals surface area (Å²) >= 11 is 0. The lowest BCUT2D eigenvalue weighted by atomic mass is 9.92. The molecule has 0 aliphatic rings. The van der Waals surface area contributed by atoms with Crippen LogP contribution in [0, 0.1) is 11.8 Å². The van der Waals surface area contributed by atoms with Crippen molar-refractivity contribution in [3.05, 3.63) is 0 Å². The maximum Gasteiger partial charge on any atom is 0.308 e. The number of hydrogen-bond acceptors (Lipinski definition) is 2. The van der Waals surface area contributed by atoms with Crippen LogP contribution >= 0.6 is 0 Å². The van der Waals surface area contributed by atoms with Gasteiger partial charge in [-0.1, -0.05) is 27.2 Å². The van der Waals surface area contributed by atoms with Crippen molar-refractivity contribution in [3.8, 4) is 0 Å². The summed E-state index contributed by atoms with van der Waals surface area (Å²) < 4.78 is 4.69. The molecule has 0 aliphatic carbocycles. The molecule has 11 heavy (non-hydrogen) atoms. The molecule has 66 valence electrons. The molecule has 0 bridgehead atoms. The zero-order chi connectivity index (χ0) is 8.85. The molecule has 0 heterocycles. The van der Waals surface area contributed by atoms with E-state index in [-0.39, 0.29) is 11.9 Å². The van der Waals surface area contributed by atoms with Crippen LogP contribution in [0.3, 0.4) is 0 Å². The molecule has 0 fully saturated rings. The van der Waals surface area contributed by atoms with Crippen LogP contribution < -0.4 is 0 Å². The predicted molar refractivity (Wildman–Crippen MR) is 45.3 cm³/mol.